The van der Waals surface area contributed by atoms with Crippen molar-refractivity contribution in [3.05, 3.63) is 48.0 Å². The lowest BCUT2D eigenvalue weighted by molar-refractivity contribution is 0.680. The Labute approximate surface area is 99.6 Å². The number of benzene rings is 1. The molecule has 88 valence electrons. The van der Waals surface area contributed by atoms with Crippen LogP contribution in [0, 0.1) is 0 Å². The number of allylic oxidation sites excluding steroid dienone is 1. The van der Waals surface area contributed by atoms with E-state index in [0.29, 0.717) is 5.92 Å². The molecule has 1 nitrogen and oxygen atoms in total. The van der Waals surface area contributed by atoms with Crippen LogP contribution in [0.1, 0.15) is 38.2 Å². The van der Waals surface area contributed by atoms with Crippen LogP contribution in [0.5, 0.6) is 0 Å². The van der Waals surface area contributed by atoms with Gasteiger partial charge in [-0.2, -0.15) is 0 Å². The number of unbranched alkanes of at least 4 members (excludes halogenated alkanes) is 1. The standard InChI is InChI=1S/C15H23N/c1-3-4-12-16-13-8-9-14(2)15-10-6-5-7-11-15/h5-11,14,16H,3-4,12-13H2,1-2H3/b9-8+. The zero-order chi connectivity index (χ0) is 11.6. The van der Waals surface area contributed by atoms with Crippen LogP contribution in [-0.4, -0.2) is 13.1 Å². The van der Waals surface area contributed by atoms with Gasteiger partial charge >= 0.3 is 0 Å². The summed E-state index contributed by atoms with van der Waals surface area (Å²) in [6, 6.07) is 10.6. The molecule has 1 heteroatoms. The van der Waals surface area contributed by atoms with E-state index in [1.165, 1.54) is 18.4 Å². The fourth-order valence-electron chi connectivity index (χ4n) is 1.63. The predicted molar refractivity (Wildman–Crippen MR) is 71.8 cm³/mol. The molecular weight excluding hydrogens is 194 g/mol. The summed E-state index contributed by atoms with van der Waals surface area (Å²) in [6.07, 6.45) is 7.03. The Hall–Kier alpha value is -1.08. The Morgan fingerprint density at radius 2 is 2.00 bits per heavy atom. The van der Waals surface area contributed by atoms with E-state index in [-0.39, 0.29) is 0 Å². The van der Waals surface area contributed by atoms with Gasteiger partial charge in [0.2, 0.25) is 0 Å². The molecule has 0 aromatic heterocycles. The Morgan fingerprint density at radius 1 is 1.25 bits per heavy atom. The second-order valence-corrected chi connectivity index (χ2v) is 4.19. The maximum Gasteiger partial charge on any atom is 0.0135 e. The van der Waals surface area contributed by atoms with Crippen molar-refractivity contribution in [3.63, 3.8) is 0 Å². The van der Waals surface area contributed by atoms with Crippen molar-refractivity contribution in [2.24, 2.45) is 0 Å². The van der Waals surface area contributed by atoms with E-state index in [4.69, 9.17) is 0 Å². The summed E-state index contributed by atoms with van der Waals surface area (Å²) >= 11 is 0. The van der Waals surface area contributed by atoms with Crippen molar-refractivity contribution in [1.29, 1.82) is 0 Å². The van der Waals surface area contributed by atoms with Crippen LogP contribution in [0.2, 0.25) is 0 Å². The van der Waals surface area contributed by atoms with Crippen LogP contribution in [0.4, 0.5) is 0 Å². The van der Waals surface area contributed by atoms with E-state index < -0.39 is 0 Å². The smallest absolute Gasteiger partial charge is 0.0135 e. The van der Waals surface area contributed by atoms with Crippen molar-refractivity contribution in [3.8, 4) is 0 Å². The minimum absolute atomic E-state index is 0.508. The first-order valence-corrected chi connectivity index (χ1v) is 6.27. The van der Waals surface area contributed by atoms with E-state index in [0.717, 1.165) is 13.1 Å². The first-order valence-electron chi connectivity index (χ1n) is 6.27. The highest BCUT2D eigenvalue weighted by molar-refractivity contribution is 5.22. The normalized spacial score (nSPS) is 13.1. The van der Waals surface area contributed by atoms with E-state index >= 15 is 0 Å². The van der Waals surface area contributed by atoms with Crippen LogP contribution in [0.3, 0.4) is 0 Å². The second kappa shape index (κ2) is 8.12. The molecule has 0 aliphatic rings. The highest BCUT2D eigenvalue weighted by atomic mass is 14.8. The molecule has 0 saturated heterocycles. The van der Waals surface area contributed by atoms with Gasteiger partial charge in [0, 0.05) is 6.54 Å². The molecule has 1 rings (SSSR count). The Kier molecular flexibility index (Phi) is 6.59. The van der Waals surface area contributed by atoms with Crippen molar-refractivity contribution >= 4 is 0 Å². The third-order valence-electron chi connectivity index (χ3n) is 2.72. The van der Waals surface area contributed by atoms with Crippen molar-refractivity contribution in [1.82, 2.24) is 5.32 Å². The molecule has 0 amide bonds. The molecular formula is C15H23N. The largest absolute Gasteiger partial charge is 0.313 e. The average molecular weight is 217 g/mol. The lowest BCUT2D eigenvalue weighted by atomic mass is 10.0. The fraction of sp³-hybridized carbons (Fsp3) is 0.467. The van der Waals surface area contributed by atoms with Crippen LogP contribution >= 0.6 is 0 Å². The molecule has 1 unspecified atom stereocenters. The van der Waals surface area contributed by atoms with Crippen LogP contribution in [0.15, 0.2) is 42.5 Å². The topological polar surface area (TPSA) is 12.0 Å². The minimum Gasteiger partial charge on any atom is -0.313 e. The summed E-state index contributed by atoms with van der Waals surface area (Å²) in [4.78, 5) is 0. The number of hydrogen-bond acceptors (Lipinski definition) is 1. The van der Waals surface area contributed by atoms with Gasteiger partial charge in [0.1, 0.15) is 0 Å². The molecule has 0 spiro atoms. The number of rotatable bonds is 7. The number of nitrogens with one attached hydrogen (secondary N) is 1. The molecule has 1 N–H and O–H groups in total. The molecule has 0 radical (unpaired) electrons. The van der Waals surface area contributed by atoms with E-state index in [2.05, 4.69) is 61.6 Å². The molecule has 0 aliphatic carbocycles. The Balaban J connectivity index is 2.24. The Bertz CT molecular complexity index is 290. The first kappa shape index (κ1) is 13.0. The minimum atomic E-state index is 0.508. The SMILES string of the molecule is CCCCNC/C=C/C(C)c1ccccc1. The molecule has 16 heavy (non-hydrogen) atoms. The van der Waals surface area contributed by atoms with Gasteiger partial charge in [0.05, 0.1) is 0 Å². The van der Waals surface area contributed by atoms with Crippen molar-refractivity contribution in [2.45, 2.75) is 32.6 Å². The molecule has 0 saturated carbocycles. The molecule has 1 aromatic carbocycles. The zero-order valence-corrected chi connectivity index (χ0v) is 10.4. The van der Waals surface area contributed by atoms with Crippen LogP contribution < -0.4 is 5.32 Å². The highest BCUT2D eigenvalue weighted by Crippen LogP contribution is 2.15. The van der Waals surface area contributed by atoms with Gasteiger partial charge in [-0.1, -0.05) is 62.8 Å². The summed E-state index contributed by atoms with van der Waals surface area (Å²) in [5.41, 5.74) is 1.38. The lowest BCUT2D eigenvalue weighted by Gasteiger charge is -2.06. The van der Waals surface area contributed by atoms with Gasteiger partial charge in [-0.15, -0.1) is 0 Å². The maximum atomic E-state index is 3.41. The van der Waals surface area contributed by atoms with Gasteiger partial charge in [-0.3, -0.25) is 0 Å². The van der Waals surface area contributed by atoms with Gasteiger partial charge in [0.25, 0.3) is 0 Å². The molecule has 1 aromatic rings. The number of hydrogen-bond donors (Lipinski definition) is 1. The summed E-state index contributed by atoms with van der Waals surface area (Å²) in [6.45, 7) is 6.56. The molecule has 0 bridgehead atoms. The average Bonchev–Trinajstić information content (AvgIpc) is 2.34. The zero-order valence-electron chi connectivity index (χ0n) is 10.4. The summed E-state index contributed by atoms with van der Waals surface area (Å²) < 4.78 is 0. The van der Waals surface area contributed by atoms with E-state index in [1.54, 1.807) is 0 Å². The fourth-order valence-corrected chi connectivity index (χ4v) is 1.63. The van der Waals surface area contributed by atoms with Crippen molar-refractivity contribution < 1.29 is 0 Å². The first-order chi connectivity index (χ1) is 7.84. The molecule has 0 aliphatic heterocycles. The van der Waals surface area contributed by atoms with Crippen LogP contribution in [-0.2, 0) is 0 Å². The third kappa shape index (κ3) is 5.13. The predicted octanol–water partition coefficient (Wildman–Crippen LogP) is 3.74. The molecule has 1 atom stereocenters. The maximum absolute atomic E-state index is 3.41. The van der Waals surface area contributed by atoms with Crippen LogP contribution in [0.25, 0.3) is 0 Å². The quantitative estimate of drug-likeness (QED) is 0.542. The molecule has 0 heterocycles. The summed E-state index contributed by atoms with van der Waals surface area (Å²) in [7, 11) is 0. The van der Waals surface area contributed by atoms with E-state index in [9.17, 15) is 0 Å². The van der Waals surface area contributed by atoms with E-state index in [1.807, 2.05) is 0 Å². The summed E-state index contributed by atoms with van der Waals surface area (Å²) in [5.74, 6) is 0.508. The third-order valence-corrected chi connectivity index (χ3v) is 2.72. The molecule has 0 fully saturated rings. The lowest BCUT2D eigenvalue weighted by Crippen LogP contribution is -2.14. The summed E-state index contributed by atoms with van der Waals surface area (Å²) in [5, 5.41) is 3.41. The monoisotopic (exact) mass is 217 g/mol. The van der Waals surface area contributed by atoms with Gasteiger partial charge < -0.3 is 5.32 Å². The Morgan fingerprint density at radius 3 is 2.69 bits per heavy atom. The van der Waals surface area contributed by atoms with Gasteiger partial charge in [-0.25, -0.2) is 0 Å². The second-order valence-electron chi connectivity index (χ2n) is 4.19. The van der Waals surface area contributed by atoms with Gasteiger partial charge in [-0.05, 0) is 24.4 Å². The van der Waals surface area contributed by atoms with Gasteiger partial charge in [0.15, 0.2) is 0 Å². The highest BCUT2D eigenvalue weighted by Gasteiger charge is 1.98. The van der Waals surface area contributed by atoms with Crippen molar-refractivity contribution in [2.75, 3.05) is 13.1 Å².